The molecule has 8 heteroatoms. The molecule has 1 aliphatic carbocycles. The molecule has 0 bridgehead atoms. The zero-order valence-electron chi connectivity index (χ0n) is 17.2. The van der Waals surface area contributed by atoms with Crippen molar-refractivity contribution in [3.8, 4) is 0 Å². The summed E-state index contributed by atoms with van der Waals surface area (Å²) in [5.41, 5.74) is 8.68. The number of carbonyl (C=O) groups is 3. The van der Waals surface area contributed by atoms with Crippen molar-refractivity contribution >= 4 is 17.8 Å². The van der Waals surface area contributed by atoms with Crippen LogP contribution < -0.4 is 16.5 Å². The standard InChI is InChI=1S/C21H32N4O4/c1-15-6-5-7-16(14-15)9-10-21(11-12-21)19(27)25(2)17(18(26)24-29)8-3-4-13-23-20(22)28/h5-7,14,17,29H,3-4,8-13H2,1-2H3,(H,24,26)(H3,22,23,28). The van der Waals surface area contributed by atoms with Gasteiger partial charge in [0, 0.05) is 19.0 Å². The Bertz CT molecular complexity index is 733. The molecule has 0 saturated heterocycles. The summed E-state index contributed by atoms with van der Waals surface area (Å²) < 4.78 is 0. The summed E-state index contributed by atoms with van der Waals surface area (Å²) in [6.07, 6.45) is 4.82. The molecule has 2 rings (SSSR count). The summed E-state index contributed by atoms with van der Waals surface area (Å²) in [4.78, 5) is 37.5. The average molecular weight is 405 g/mol. The molecule has 0 radical (unpaired) electrons. The van der Waals surface area contributed by atoms with E-state index in [0.29, 0.717) is 25.8 Å². The lowest BCUT2D eigenvalue weighted by Gasteiger charge is -2.30. The third-order valence-corrected chi connectivity index (χ3v) is 5.69. The Morgan fingerprint density at radius 1 is 1.28 bits per heavy atom. The van der Waals surface area contributed by atoms with Gasteiger partial charge in [0.25, 0.3) is 5.91 Å². The van der Waals surface area contributed by atoms with Crippen molar-refractivity contribution in [2.45, 2.75) is 57.9 Å². The van der Waals surface area contributed by atoms with Gasteiger partial charge in [-0.25, -0.2) is 10.3 Å². The van der Waals surface area contributed by atoms with E-state index in [-0.39, 0.29) is 5.91 Å². The van der Waals surface area contributed by atoms with Crippen LogP contribution in [-0.4, -0.2) is 47.6 Å². The predicted octanol–water partition coefficient (Wildman–Crippen LogP) is 1.88. The normalized spacial score (nSPS) is 15.3. The van der Waals surface area contributed by atoms with Crippen molar-refractivity contribution in [3.63, 3.8) is 0 Å². The van der Waals surface area contributed by atoms with E-state index >= 15 is 0 Å². The molecule has 1 aliphatic rings. The Morgan fingerprint density at radius 2 is 2.00 bits per heavy atom. The topological polar surface area (TPSA) is 125 Å². The highest BCUT2D eigenvalue weighted by Gasteiger charge is 2.51. The minimum absolute atomic E-state index is 0.0472. The number of likely N-dealkylation sites (N-methyl/N-ethyl adjacent to an activating group) is 1. The minimum Gasteiger partial charge on any atom is -0.352 e. The van der Waals surface area contributed by atoms with Gasteiger partial charge in [-0.2, -0.15) is 0 Å². The Hall–Kier alpha value is -2.61. The highest BCUT2D eigenvalue weighted by molar-refractivity contribution is 5.91. The zero-order valence-corrected chi connectivity index (χ0v) is 17.2. The number of nitrogens with two attached hydrogens (primary N) is 1. The Labute approximate surface area is 171 Å². The maximum atomic E-state index is 13.1. The molecule has 1 atom stereocenters. The van der Waals surface area contributed by atoms with Crippen molar-refractivity contribution < 1.29 is 19.6 Å². The lowest BCUT2D eigenvalue weighted by molar-refractivity contribution is -0.146. The van der Waals surface area contributed by atoms with Gasteiger partial charge in [0.15, 0.2) is 0 Å². The number of hydrogen-bond acceptors (Lipinski definition) is 4. The summed E-state index contributed by atoms with van der Waals surface area (Å²) in [5.74, 6) is -0.646. The van der Waals surface area contributed by atoms with Gasteiger partial charge in [0.1, 0.15) is 6.04 Å². The van der Waals surface area contributed by atoms with Crippen LogP contribution in [0.4, 0.5) is 4.79 Å². The maximum Gasteiger partial charge on any atom is 0.312 e. The average Bonchev–Trinajstić information content (AvgIpc) is 3.48. The van der Waals surface area contributed by atoms with Crippen LogP contribution in [0.15, 0.2) is 24.3 Å². The highest BCUT2D eigenvalue weighted by atomic mass is 16.5. The molecule has 1 aromatic carbocycles. The number of benzene rings is 1. The molecule has 1 aromatic rings. The van der Waals surface area contributed by atoms with Gasteiger partial charge in [-0.1, -0.05) is 29.8 Å². The van der Waals surface area contributed by atoms with E-state index in [1.807, 2.05) is 19.1 Å². The number of nitrogens with zero attached hydrogens (tertiary/aromatic N) is 1. The largest absolute Gasteiger partial charge is 0.352 e. The molecule has 29 heavy (non-hydrogen) atoms. The lowest BCUT2D eigenvalue weighted by atomic mass is 9.93. The third kappa shape index (κ3) is 6.45. The molecular formula is C21H32N4O4. The van der Waals surface area contributed by atoms with E-state index in [2.05, 4.69) is 17.4 Å². The van der Waals surface area contributed by atoms with E-state index in [1.165, 1.54) is 16.0 Å². The Kier molecular flexibility index (Phi) is 8.01. The molecular weight excluding hydrogens is 372 g/mol. The molecule has 8 nitrogen and oxygen atoms in total. The Balaban J connectivity index is 1.94. The minimum atomic E-state index is -0.752. The predicted molar refractivity (Wildman–Crippen MR) is 109 cm³/mol. The quantitative estimate of drug-likeness (QED) is 0.255. The first-order chi connectivity index (χ1) is 13.8. The van der Waals surface area contributed by atoms with Gasteiger partial charge in [0.05, 0.1) is 0 Å². The number of hydrogen-bond donors (Lipinski definition) is 4. The van der Waals surface area contributed by atoms with Crippen LogP contribution in [-0.2, 0) is 16.0 Å². The van der Waals surface area contributed by atoms with Crippen LogP contribution in [0.25, 0.3) is 0 Å². The first-order valence-corrected chi connectivity index (χ1v) is 10.1. The molecule has 0 aliphatic heterocycles. The molecule has 1 fully saturated rings. The smallest absolute Gasteiger partial charge is 0.312 e. The van der Waals surface area contributed by atoms with Gasteiger partial charge < -0.3 is 16.0 Å². The van der Waals surface area contributed by atoms with Crippen LogP contribution in [0.3, 0.4) is 0 Å². The molecule has 160 valence electrons. The van der Waals surface area contributed by atoms with E-state index in [0.717, 1.165) is 25.7 Å². The monoisotopic (exact) mass is 404 g/mol. The van der Waals surface area contributed by atoms with Crippen molar-refractivity contribution in [1.82, 2.24) is 15.7 Å². The van der Waals surface area contributed by atoms with Crippen molar-refractivity contribution in [2.24, 2.45) is 11.1 Å². The fourth-order valence-corrected chi connectivity index (χ4v) is 3.74. The molecule has 0 spiro atoms. The Morgan fingerprint density at radius 3 is 2.59 bits per heavy atom. The van der Waals surface area contributed by atoms with Gasteiger partial charge >= 0.3 is 6.03 Å². The molecule has 1 unspecified atom stereocenters. The molecule has 4 amide bonds. The highest BCUT2D eigenvalue weighted by Crippen LogP contribution is 2.51. The summed E-state index contributed by atoms with van der Waals surface area (Å²) in [5, 5.41) is 11.6. The second-order valence-corrected chi connectivity index (χ2v) is 7.96. The molecule has 1 saturated carbocycles. The number of carbonyl (C=O) groups excluding carboxylic acids is 3. The summed E-state index contributed by atoms with van der Waals surface area (Å²) in [6, 6.07) is 6.93. The summed E-state index contributed by atoms with van der Waals surface area (Å²) in [7, 11) is 1.62. The van der Waals surface area contributed by atoms with Crippen molar-refractivity contribution in [2.75, 3.05) is 13.6 Å². The van der Waals surface area contributed by atoms with Crippen molar-refractivity contribution in [3.05, 3.63) is 35.4 Å². The van der Waals surface area contributed by atoms with Crippen molar-refractivity contribution in [1.29, 1.82) is 0 Å². The van der Waals surface area contributed by atoms with Crippen LogP contribution in [0.5, 0.6) is 0 Å². The summed E-state index contributed by atoms with van der Waals surface area (Å²) >= 11 is 0. The van der Waals surface area contributed by atoms with Crippen LogP contribution in [0.1, 0.15) is 49.7 Å². The number of primary amides is 1. The first-order valence-electron chi connectivity index (χ1n) is 10.1. The van der Waals surface area contributed by atoms with E-state index in [9.17, 15) is 14.4 Å². The molecule has 5 N–H and O–H groups in total. The lowest BCUT2D eigenvalue weighted by Crippen LogP contribution is -2.49. The molecule has 0 heterocycles. The van der Waals surface area contributed by atoms with Crippen LogP contribution in [0, 0.1) is 12.3 Å². The van der Waals surface area contributed by atoms with Gasteiger partial charge in [-0.3, -0.25) is 14.8 Å². The second-order valence-electron chi connectivity index (χ2n) is 7.96. The van der Waals surface area contributed by atoms with Crippen LogP contribution in [0.2, 0.25) is 0 Å². The number of hydroxylamine groups is 1. The fraction of sp³-hybridized carbons (Fsp3) is 0.571. The number of rotatable bonds is 11. The van der Waals surface area contributed by atoms with E-state index < -0.39 is 23.4 Å². The molecule has 0 aromatic heterocycles. The number of urea groups is 1. The van der Waals surface area contributed by atoms with E-state index in [4.69, 9.17) is 10.9 Å². The van der Waals surface area contributed by atoms with Gasteiger partial charge in [-0.05, 0) is 57.4 Å². The van der Waals surface area contributed by atoms with Crippen LogP contribution >= 0.6 is 0 Å². The SMILES string of the molecule is Cc1cccc(CCC2(C(=O)N(C)C(CCCCNC(N)=O)C(=O)NO)CC2)c1. The maximum absolute atomic E-state index is 13.1. The van der Waals surface area contributed by atoms with Gasteiger partial charge in [-0.15, -0.1) is 0 Å². The van der Waals surface area contributed by atoms with E-state index in [1.54, 1.807) is 12.5 Å². The number of unbranched alkanes of at least 4 members (excludes halogenated alkanes) is 1. The fourth-order valence-electron chi connectivity index (χ4n) is 3.74. The van der Waals surface area contributed by atoms with Gasteiger partial charge in [0.2, 0.25) is 5.91 Å². The third-order valence-electron chi connectivity index (χ3n) is 5.69. The number of nitrogens with one attached hydrogen (secondary N) is 2. The number of amides is 4. The zero-order chi connectivity index (χ0) is 21.4. The second kappa shape index (κ2) is 10.2. The first kappa shape index (κ1) is 22.7. The number of aryl methyl sites for hydroxylation is 2. The summed E-state index contributed by atoms with van der Waals surface area (Å²) in [6.45, 7) is 2.45.